The summed E-state index contributed by atoms with van der Waals surface area (Å²) in [4.78, 5) is 18.5. The van der Waals surface area contributed by atoms with E-state index < -0.39 is 0 Å². The minimum absolute atomic E-state index is 0.0512. The number of benzene rings is 2. The van der Waals surface area contributed by atoms with E-state index in [0.717, 1.165) is 68.0 Å². The molecule has 0 aliphatic carbocycles. The van der Waals surface area contributed by atoms with Crippen molar-refractivity contribution in [1.82, 2.24) is 0 Å². The first-order valence-electron chi connectivity index (χ1n) is 11.2. The molecule has 2 aliphatic heterocycles. The largest absolute Gasteiger partial charge is 0.378 e. The van der Waals surface area contributed by atoms with Crippen LogP contribution in [0.15, 0.2) is 47.4 Å². The highest BCUT2D eigenvalue weighted by Crippen LogP contribution is 2.32. The van der Waals surface area contributed by atoms with Crippen LogP contribution in [0.3, 0.4) is 0 Å². The van der Waals surface area contributed by atoms with Crippen molar-refractivity contribution in [3.8, 4) is 0 Å². The molecule has 0 aromatic heterocycles. The molecule has 0 atom stereocenters. The Balaban J connectivity index is 1.36. The number of rotatable bonds is 8. The first-order valence-corrected chi connectivity index (χ1v) is 12.5. The van der Waals surface area contributed by atoms with Crippen LogP contribution in [-0.4, -0.2) is 64.3 Å². The van der Waals surface area contributed by atoms with Gasteiger partial charge in [0.05, 0.1) is 37.8 Å². The van der Waals surface area contributed by atoms with E-state index in [4.69, 9.17) is 21.1 Å². The maximum absolute atomic E-state index is 12.7. The van der Waals surface area contributed by atoms with Gasteiger partial charge >= 0.3 is 0 Å². The molecule has 0 spiro atoms. The number of amides is 1. The van der Waals surface area contributed by atoms with Crippen LogP contribution >= 0.6 is 23.4 Å². The number of carbonyl (C=O) groups is 1. The topological polar surface area (TPSA) is 54.0 Å². The normalized spacial score (nSPS) is 16.8. The molecule has 2 saturated heterocycles. The molecule has 0 saturated carbocycles. The summed E-state index contributed by atoms with van der Waals surface area (Å²) in [5, 5.41) is 3.89. The van der Waals surface area contributed by atoms with Gasteiger partial charge in [-0.15, -0.1) is 11.8 Å². The number of nitrogens with one attached hydrogen (secondary N) is 1. The summed E-state index contributed by atoms with van der Waals surface area (Å²) < 4.78 is 11.0. The van der Waals surface area contributed by atoms with Crippen molar-refractivity contribution in [2.24, 2.45) is 0 Å². The Morgan fingerprint density at radius 1 is 0.938 bits per heavy atom. The molecule has 2 heterocycles. The molecule has 32 heavy (non-hydrogen) atoms. The highest BCUT2D eigenvalue weighted by molar-refractivity contribution is 7.99. The standard InChI is InChI=1S/C24H30ClN3O3S/c25-19-3-6-21(7-4-19)32-17-1-2-24(29)26-22-8-5-20(27-9-13-30-14-10-27)18-23(22)28-11-15-31-16-12-28/h3-8,18H,1-2,9-17H2,(H,26,29). The Morgan fingerprint density at radius 2 is 1.59 bits per heavy atom. The Morgan fingerprint density at radius 3 is 2.28 bits per heavy atom. The van der Waals surface area contributed by atoms with Gasteiger partial charge in [0.25, 0.3) is 0 Å². The summed E-state index contributed by atoms with van der Waals surface area (Å²) >= 11 is 7.68. The molecule has 1 N–H and O–H groups in total. The molecule has 8 heteroatoms. The molecule has 0 unspecified atom stereocenters. The molecule has 172 valence electrons. The zero-order chi connectivity index (χ0) is 22.2. The van der Waals surface area contributed by atoms with Gasteiger partial charge in [-0.3, -0.25) is 4.79 Å². The highest BCUT2D eigenvalue weighted by atomic mass is 35.5. The second-order valence-electron chi connectivity index (χ2n) is 7.85. The zero-order valence-electron chi connectivity index (χ0n) is 18.2. The first kappa shape index (κ1) is 23.2. The lowest BCUT2D eigenvalue weighted by Crippen LogP contribution is -2.38. The third kappa shape index (κ3) is 6.54. The first-order chi connectivity index (χ1) is 15.7. The van der Waals surface area contributed by atoms with Gasteiger partial charge in [-0.25, -0.2) is 0 Å². The predicted octanol–water partition coefficient (Wildman–Crippen LogP) is 4.52. The van der Waals surface area contributed by atoms with Gasteiger partial charge in [-0.05, 0) is 54.6 Å². The van der Waals surface area contributed by atoms with Crippen molar-refractivity contribution in [1.29, 1.82) is 0 Å². The summed E-state index contributed by atoms with van der Waals surface area (Å²) in [5.41, 5.74) is 3.12. The van der Waals surface area contributed by atoms with Crippen molar-refractivity contribution in [3.63, 3.8) is 0 Å². The second-order valence-corrected chi connectivity index (χ2v) is 9.46. The van der Waals surface area contributed by atoms with Crippen molar-refractivity contribution >= 4 is 46.3 Å². The fourth-order valence-electron chi connectivity index (χ4n) is 3.88. The number of halogens is 1. The number of hydrogen-bond donors (Lipinski definition) is 1. The number of thioether (sulfide) groups is 1. The van der Waals surface area contributed by atoms with Gasteiger partial charge in [-0.2, -0.15) is 0 Å². The van der Waals surface area contributed by atoms with Crippen LogP contribution in [0.1, 0.15) is 12.8 Å². The Labute approximate surface area is 199 Å². The summed E-state index contributed by atoms with van der Waals surface area (Å²) in [6, 6.07) is 14.1. The molecule has 1 amide bonds. The summed E-state index contributed by atoms with van der Waals surface area (Å²) in [6.07, 6.45) is 1.31. The molecule has 2 aromatic carbocycles. The van der Waals surface area contributed by atoms with Crippen LogP contribution in [-0.2, 0) is 14.3 Å². The second kappa shape index (κ2) is 11.8. The van der Waals surface area contributed by atoms with Crippen LogP contribution in [0.2, 0.25) is 5.02 Å². The Hall–Kier alpha value is -1.93. The van der Waals surface area contributed by atoms with E-state index in [-0.39, 0.29) is 5.91 Å². The fraction of sp³-hybridized carbons (Fsp3) is 0.458. The zero-order valence-corrected chi connectivity index (χ0v) is 19.8. The minimum Gasteiger partial charge on any atom is -0.378 e. The number of nitrogens with zero attached hydrogens (tertiary/aromatic N) is 2. The SMILES string of the molecule is O=C(CCCSc1ccc(Cl)cc1)Nc1ccc(N2CCOCC2)cc1N1CCOCC1. The smallest absolute Gasteiger partial charge is 0.224 e. The Bertz CT molecular complexity index is 885. The molecule has 4 rings (SSSR count). The maximum Gasteiger partial charge on any atom is 0.224 e. The lowest BCUT2D eigenvalue weighted by molar-refractivity contribution is -0.116. The highest BCUT2D eigenvalue weighted by Gasteiger charge is 2.19. The van der Waals surface area contributed by atoms with E-state index in [9.17, 15) is 4.79 Å². The number of ether oxygens (including phenoxy) is 2. The van der Waals surface area contributed by atoms with Gasteiger partial charge in [0.15, 0.2) is 0 Å². The molecule has 0 radical (unpaired) electrons. The van der Waals surface area contributed by atoms with Crippen LogP contribution in [0.5, 0.6) is 0 Å². The minimum atomic E-state index is 0.0512. The van der Waals surface area contributed by atoms with E-state index in [1.807, 2.05) is 30.3 Å². The van der Waals surface area contributed by atoms with Gasteiger partial charge in [-0.1, -0.05) is 11.6 Å². The molecular weight excluding hydrogens is 446 g/mol. The molecular formula is C24H30ClN3O3S. The Kier molecular flexibility index (Phi) is 8.56. The molecule has 6 nitrogen and oxygen atoms in total. The van der Waals surface area contributed by atoms with Crippen molar-refractivity contribution in [2.75, 3.05) is 73.5 Å². The third-order valence-electron chi connectivity index (χ3n) is 5.61. The van der Waals surface area contributed by atoms with E-state index in [1.165, 1.54) is 10.6 Å². The lowest BCUT2D eigenvalue weighted by Gasteiger charge is -2.33. The maximum atomic E-state index is 12.7. The van der Waals surface area contributed by atoms with Crippen LogP contribution < -0.4 is 15.1 Å². The number of hydrogen-bond acceptors (Lipinski definition) is 6. The number of morpholine rings is 2. The van der Waals surface area contributed by atoms with Gasteiger partial charge in [0.2, 0.25) is 5.91 Å². The van der Waals surface area contributed by atoms with E-state index in [2.05, 4.69) is 27.2 Å². The fourth-order valence-corrected chi connectivity index (χ4v) is 4.86. The van der Waals surface area contributed by atoms with E-state index >= 15 is 0 Å². The van der Waals surface area contributed by atoms with Gasteiger partial charge in [0.1, 0.15) is 0 Å². The number of anilines is 3. The predicted molar refractivity (Wildman–Crippen MR) is 133 cm³/mol. The lowest BCUT2D eigenvalue weighted by atomic mass is 10.1. The van der Waals surface area contributed by atoms with Crippen LogP contribution in [0.4, 0.5) is 17.1 Å². The molecule has 2 fully saturated rings. The quantitative estimate of drug-likeness (QED) is 0.447. The summed E-state index contributed by atoms with van der Waals surface area (Å²) in [5.74, 6) is 0.941. The van der Waals surface area contributed by atoms with Crippen molar-refractivity contribution in [3.05, 3.63) is 47.5 Å². The average Bonchev–Trinajstić information content (AvgIpc) is 2.84. The van der Waals surface area contributed by atoms with E-state index in [0.29, 0.717) is 19.6 Å². The van der Waals surface area contributed by atoms with Crippen LogP contribution in [0.25, 0.3) is 0 Å². The third-order valence-corrected chi connectivity index (χ3v) is 6.96. The van der Waals surface area contributed by atoms with Crippen molar-refractivity contribution in [2.45, 2.75) is 17.7 Å². The average molecular weight is 476 g/mol. The molecule has 2 aromatic rings. The van der Waals surface area contributed by atoms with Crippen molar-refractivity contribution < 1.29 is 14.3 Å². The molecule has 2 aliphatic rings. The molecule has 0 bridgehead atoms. The van der Waals surface area contributed by atoms with Gasteiger partial charge < -0.3 is 24.6 Å². The monoisotopic (exact) mass is 475 g/mol. The van der Waals surface area contributed by atoms with E-state index in [1.54, 1.807) is 11.8 Å². The summed E-state index contributed by atoms with van der Waals surface area (Å²) in [6.45, 7) is 6.34. The van der Waals surface area contributed by atoms with Gasteiger partial charge in [0, 0.05) is 48.2 Å². The van der Waals surface area contributed by atoms with Crippen LogP contribution in [0, 0.1) is 0 Å². The summed E-state index contributed by atoms with van der Waals surface area (Å²) in [7, 11) is 0. The number of carbonyl (C=O) groups excluding carboxylic acids is 1.